The molecule has 2 heterocycles. The lowest BCUT2D eigenvalue weighted by Gasteiger charge is -2.06. The molecule has 8 heteroatoms. The Labute approximate surface area is 154 Å². The number of thiophene rings is 1. The van der Waals surface area contributed by atoms with E-state index in [9.17, 15) is 4.79 Å². The van der Waals surface area contributed by atoms with Crippen molar-refractivity contribution in [3.63, 3.8) is 0 Å². The summed E-state index contributed by atoms with van der Waals surface area (Å²) in [4.78, 5) is 17.7. The van der Waals surface area contributed by atoms with Gasteiger partial charge in [-0.15, -0.1) is 16.4 Å². The number of anilines is 1. The van der Waals surface area contributed by atoms with Crippen molar-refractivity contribution in [3.05, 3.63) is 52.5 Å². The van der Waals surface area contributed by atoms with Crippen LogP contribution < -0.4 is 10.1 Å². The lowest BCUT2D eigenvalue weighted by atomic mass is 10.3. The molecule has 0 fully saturated rings. The number of rotatable bonds is 8. The van der Waals surface area contributed by atoms with Crippen molar-refractivity contribution in [1.29, 1.82) is 0 Å². The number of thioether (sulfide) groups is 1. The van der Waals surface area contributed by atoms with E-state index < -0.39 is 0 Å². The molecular weight excluding hydrogens is 356 g/mol. The first-order valence-corrected chi connectivity index (χ1v) is 9.68. The van der Waals surface area contributed by atoms with E-state index in [4.69, 9.17) is 4.74 Å². The van der Waals surface area contributed by atoms with E-state index in [2.05, 4.69) is 26.6 Å². The zero-order valence-corrected chi connectivity index (χ0v) is 15.3. The minimum absolute atomic E-state index is 0.0984. The molecule has 130 valence electrons. The lowest BCUT2D eigenvalue weighted by molar-refractivity contribution is -0.113. The number of benzene rings is 1. The van der Waals surface area contributed by atoms with Crippen LogP contribution in [0.2, 0.25) is 0 Å². The minimum atomic E-state index is -0.0984. The van der Waals surface area contributed by atoms with Crippen LogP contribution in [0.4, 0.5) is 5.69 Å². The molecule has 0 spiro atoms. The maximum Gasteiger partial charge on any atom is 0.234 e. The van der Waals surface area contributed by atoms with Crippen molar-refractivity contribution in [3.8, 4) is 5.75 Å². The number of hydrogen-bond donors (Lipinski definition) is 2. The Balaban J connectivity index is 1.46. The quantitative estimate of drug-likeness (QED) is 0.589. The summed E-state index contributed by atoms with van der Waals surface area (Å²) in [6, 6.07) is 11.4. The largest absolute Gasteiger partial charge is 0.494 e. The van der Waals surface area contributed by atoms with Gasteiger partial charge in [-0.1, -0.05) is 17.8 Å². The minimum Gasteiger partial charge on any atom is -0.494 e. The third-order valence-corrected chi connectivity index (χ3v) is 4.94. The van der Waals surface area contributed by atoms with Gasteiger partial charge in [-0.2, -0.15) is 0 Å². The van der Waals surface area contributed by atoms with Gasteiger partial charge in [0.2, 0.25) is 11.1 Å². The van der Waals surface area contributed by atoms with Gasteiger partial charge in [0, 0.05) is 17.0 Å². The van der Waals surface area contributed by atoms with Gasteiger partial charge in [-0.05, 0) is 42.6 Å². The molecule has 0 atom stereocenters. The summed E-state index contributed by atoms with van der Waals surface area (Å²) < 4.78 is 5.37. The summed E-state index contributed by atoms with van der Waals surface area (Å²) in [7, 11) is 0. The van der Waals surface area contributed by atoms with Crippen LogP contribution in [0.15, 0.2) is 46.9 Å². The maximum atomic E-state index is 12.0. The van der Waals surface area contributed by atoms with Gasteiger partial charge in [0.1, 0.15) is 11.6 Å². The van der Waals surface area contributed by atoms with Crippen molar-refractivity contribution in [2.24, 2.45) is 0 Å². The molecule has 1 aromatic carbocycles. The van der Waals surface area contributed by atoms with E-state index >= 15 is 0 Å². The third kappa shape index (κ3) is 5.33. The van der Waals surface area contributed by atoms with Crippen LogP contribution >= 0.6 is 23.1 Å². The van der Waals surface area contributed by atoms with Crippen molar-refractivity contribution >= 4 is 34.7 Å². The van der Waals surface area contributed by atoms with Crippen LogP contribution in [0, 0.1) is 0 Å². The highest BCUT2D eigenvalue weighted by molar-refractivity contribution is 7.99. The van der Waals surface area contributed by atoms with E-state index in [1.165, 1.54) is 16.6 Å². The van der Waals surface area contributed by atoms with Crippen LogP contribution in [0.25, 0.3) is 0 Å². The Hall–Kier alpha value is -2.32. The number of hydrogen-bond acceptors (Lipinski definition) is 6. The summed E-state index contributed by atoms with van der Waals surface area (Å²) in [5.74, 6) is 1.74. The van der Waals surface area contributed by atoms with Gasteiger partial charge in [0.05, 0.1) is 12.4 Å². The van der Waals surface area contributed by atoms with E-state index in [1.54, 1.807) is 11.3 Å². The first-order chi connectivity index (χ1) is 12.2. The number of carbonyl (C=O) groups excluding carboxylic acids is 1. The maximum absolute atomic E-state index is 12.0. The molecule has 0 aliphatic carbocycles. The summed E-state index contributed by atoms with van der Waals surface area (Å²) in [6.45, 7) is 2.55. The Morgan fingerprint density at radius 1 is 1.32 bits per heavy atom. The molecule has 3 aromatic rings. The molecule has 0 bridgehead atoms. The fourth-order valence-electron chi connectivity index (χ4n) is 2.13. The normalized spacial score (nSPS) is 10.6. The predicted octanol–water partition coefficient (Wildman–Crippen LogP) is 3.59. The second kappa shape index (κ2) is 8.68. The van der Waals surface area contributed by atoms with Crippen LogP contribution in [-0.2, 0) is 11.2 Å². The number of amides is 1. The summed E-state index contributed by atoms with van der Waals surface area (Å²) >= 11 is 2.99. The predicted molar refractivity (Wildman–Crippen MR) is 100 cm³/mol. The first kappa shape index (κ1) is 17.5. The number of aromatic amines is 1. The molecule has 6 nitrogen and oxygen atoms in total. The summed E-state index contributed by atoms with van der Waals surface area (Å²) in [6.07, 6.45) is 0.726. The third-order valence-electron chi connectivity index (χ3n) is 3.21. The lowest BCUT2D eigenvalue weighted by Crippen LogP contribution is -2.14. The van der Waals surface area contributed by atoms with Crippen LogP contribution in [0.1, 0.15) is 17.6 Å². The van der Waals surface area contributed by atoms with Crippen LogP contribution in [0.5, 0.6) is 5.75 Å². The number of nitrogens with zero attached hydrogens (tertiary/aromatic N) is 2. The molecule has 2 N–H and O–H groups in total. The van der Waals surface area contributed by atoms with Crippen molar-refractivity contribution in [1.82, 2.24) is 15.2 Å². The zero-order valence-electron chi connectivity index (χ0n) is 13.7. The Morgan fingerprint density at radius 3 is 2.88 bits per heavy atom. The molecular formula is C17H18N4O2S2. The number of nitrogens with one attached hydrogen (secondary N) is 2. The van der Waals surface area contributed by atoms with E-state index in [0.717, 1.165) is 23.7 Å². The fraction of sp³-hybridized carbons (Fsp3) is 0.235. The molecule has 25 heavy (non-hydrogen) atoms. The monoisotopic (exact) mass is 374 g/mol. The van der Waals surface area contributed by atoms with Gasteiger partial charge in [-0.3, -0.25) is 9.89 Å². The van der Waals surface area contributed by atoms with Gasteiger partial charge in [-0.25, -0.2) is 4.98 Å². The Kier molecular flexibility index (Phi) is 6.08. The van der Waals surface area contributed by atoms with Crippen LogP contribution in [-0.4, -0.2) is 33.4 Å². The van der Waals surface area contributed by atoms with Gasteiger partial charge < -0.3 is 10.1 Å². The molecule has 0 aliphatic heterocycles. The molecule has 0 saturated heterocycles. The molecule has 0 radical (unpaired) electrons. The Morgan fingerprint density at radius 2 is 2.16 bits per heavy atom. The Bertz CT molecular complexity index is 800. The molecule has 0 aliphatic rings. The highest BCUT2D eigenvalue weighted by atomic mass is 32.2. The number of H-pyrrole nitrogens is 1. The molecule has 2 aromatic heterocycles. The van der Waals surface area contributed by atoms with Crippen molar-refractivity contribution < 1.29 is 9.53 Å². The highest BCUT2D eigenvalue weighted by Crippen LogP contribution is 2.18. The standard InChI is InChI=1S/C17H18N4O2S2/c1-2-23-13-7-5-12(6-8-13)18-16(22)11-25-17-19-15(20-21-17)10-14-4-3-9-24-14/h3-9H,2,10-11H2,1H3,(H,18,22)(H,19,20,21). The SMILES string of the molecule is CCOc1ccc(NC(=O)CSc2n[nH]c(Cc3cccs3)n2)cc1. The summed E-state index contributed by atoms with van der Waals surface area (Å²) in [5, 5.41) is 12.5. The molecule has 0 saturated carbocycles. The van der Waals surface area contributed by atoms with E-state index in [1.807, 2.05) is 42.6 Å². The van der Waals surface area contributed by atoms with Gasteiger partial charge >= 0.3 is 0 Å². The van der Waals surface area contributed by atoms with Crippen molar-refractivity contribution in [2.75, 3.05) is 17.7 Å². The smallest absolute Gasteiger partial charge is 0.234 e. The van der Waals surface area contributed by atoms with Crippen molar-refractivity contribution in [2.45, 2.75) is 18.5 Å². The molecule has 3 rings (SSSR count). The topological polar surface area (TPSA) is 79.9 Å². The number of carbonyl (C=O) groups is 1. The van der Waals surface area contributed by atoms with E-state index in [-0.39, 0.29) is 11.7 Å². The highest BCUT2D eigenvalue weighted by Gasteiger charge is 2.09. The average Bonchev–Trinajstić information content (AvgIpc) is 3.28. The number of aromatic nitrogens is 3. The van der Waals surface area contributed by atoms with E-state index in [0.29, 0.717) is 11.8 Å². The van der Waals surface area contributed by atoms with Crippen LogP contribution in [0.3, 0.4) is 0 Å². The molecule has 0 unspecified atom stereocenters. The van der Waals surface area contributed by atoms with Gasteiger partial charge in [0.15, 0.2) is 0 Å². The second-order valence-electron chi connectivity index (χ2n) is 5.12. The number of ether oxygens (including phenoxy) is 1. The first-order valence-electron chi connectivity index (χ1n) is 7.82. The molecule has 1 amide bonds. The fourth-order valence-corrected chi connectivity index (χ4v) is 3.45. The summed E-state index contributed by atoms with van der Waals surface area (Å²) in [5.41, 5.74) is 0.738. The second-order valence-corrected chi connectivity index (χ2v) is 7.09. The van der Waals surface area contributed by atoms with Gasteiger partial charge in [0.25, 0.3) is 0 Å². The zero-order chi connectivity index (χ0) is 17.5. The average molecular weight is 374 g/mol.